The number of likely N-dealkylation sites (tertiary alicyclic amines) is 1. The van der Waals surface area contributed by atoms with E-state index in [-0.39, 0.29) is 29.2 Å². The summed E-state index contributed by atoms with van der Waals surface area (Å²) in [6.45, 7) is 5.08. The highest BCUT2D eigenvalue weighted by Gasteiger charge is 2.42. The highest BCUT2D eigenvalue weighted by Crippen LogP contribution is 2.39. The number of benzene rings is 1. The molecule has 0 aliphatic carbocycles. The van der Waals surface area contributed by atoms with Crippen LogP contribution in [0.25, 0.3) is 0 Å². The SMILES string of the molecule is COc1cc(CN2CCC3(CCC(CNC(=O)c4csc(C)n4)O3)CC2)ccc1F. The number of aromatic nitrogens is 1. The maximum absolute atomic E-state index is 13.6. The third-order valence-corrected chi connectivity index (χ3v) is 6.84. The van der Waals surface area contributed by atoms with Crippen LogP contribution in [0.2, 0.25) is 0 Å². The molecule has 3 heterocycles. The maximum atomic E-state index is 13.6. The van der Waals surface area contributed by atoms with Gasteiger partial charge in [0.2, 0.25) is 0 Å². The summed E-state index contributed by atoms with van der Waals surface area (Å²) in [7, 11) is 1.49. The molecule has 1 atom stereocenters. The summed E-state index contributed by atoms with van der Waals surface area (Å²) in [5.41, 5.74) is 1.45. The molecule has 2 aromatic rings. The van der Waals surface area contributed by atoms with E-state index in [0.717, 1.165) is 55.9 Å². The molecule has 4 rings (SSSR count). The summed E-state index contributed by atoms with van der Waals surface area (Å²) in [5.74, 6) is -0.174. The van der Waals surface area contributed by atoms with E-state index in [1.807, 2.05) is 13.0 Å². The van der Waals surface area contributed by atoms with Crippen molar-refractivity contribution in [1.82, 2.24) is 15.2 Å². The fraction of sp³-hybridized carbons (Fsp3) is 0.545. The molecule has 8 heteroatoms. The molecule has 162 valence electrons. The number of hydrogen-bond acceptors (Lipinski definition) is 6. The predicted molar refractivity (Wildman–Crippen MR) is 113 cm³/mol. The number of ether oxygens (including phenoxy) is 2. The molecule has 30 heavy (non-hydrogen) atoms. The Hall–Kier alpha value is -2.03. The second-order valence-corrected chi connectivity index (χ2v) is 9.23. The van der Waals surface area contributed by atoms with Crippen LogP contribution in [-0.2, 0) is 11.3 Å². The van der Waals surface area contributed by atoms with Gasteiger partial charge in [-0.3, -0.25) is 9.69 Å². The van der Waals surface area contributed by atoms with E-state index < -0.39 is 0 Å². The molecule has 2 fully saturated rings. The van der Waals surface area contributed by atoms with E-state index in [1.54, 1.807) is 11.4 Å². The number of hydrogen-bond donors (Lipinski definition) is 1. The Labute approximate surface area is 180 Å². The summed E-state index contributed by atoms with van der Waals surface area (Å²) in [4.78, 5) is 18.8. The minimum absolute atomic E-state index is 0.0570. The molecule has 1 aromatic heterocycles. The number of rotatable bonds is 6. The van der Waals surface area contributed by atoms with E-state index in [2.05, 4.69) is 15.2 Å². The Morgan fingerprint density at radius 1 is 1.40 bits per heavy atom. The van der Waals surface area contributed by atoms with Crippen molar-refractivity contribution in [2.24, 2.45) is 0 Å². The average Bonchev–Trinajstić information content (AvgIpc) is 3.36. The Kier molecular flexibility index (Phi) is 6.36. The highest BCUT2D eigenvalue weighted by molar-refractivity contribution is 7.09. The third kappa shape index (κ3) is 4.82. The molecule has 0 radical (unpaired) electrons. The van der Waals surface area contributed by atoms with Crippen molar-refractivity contribution in [3.05, 3.63) is 45.7 Å². The zero-order valence-corrected chi connectivity index (χ0v) is 18.3. The average molecular weight is 434 g/mol. The first-order valence-corrected chi connectivity index (χ1v) is 11.3. The molecular weight excluding hydrogens is 405 g/mol. The van der Waals surface area contributed by atoms with Gasteiger partial charge in [-0.15, -0.1) is 11.3 Å². The number of piperidine rings is 1. The van der Waals surface area contributed by atoms with Gasteiger partial charge in [-0.05, 0) is 50.3 Å². The van der Waals surface area contributed by atoms with Gasteiger partial charge in [-0.25, -0.2) is 9.37 Å². The van der Waals surface area contributed by atoms with Crippen molar-refractivity contribution in [3.8, 4) is 5.75 Å². The van der Waals surface area contributed by atoms with Crippen LogP contribution in [0.4, 0.5) is 4.39 Å². The van der Waals surface area contributed by atoms with Gasteiger partial charge < -0.3 is 14.8 Å². The summed E-state index contributed by atoms with van der Waals surface area (Å²) >= 11 is 1.48. The van der Waals surface area contributed by atoms with Crippen LogP contribution in [0.1, 0.15) is 46.7 Å². The number of halogens is 1. The van der Waals surface area contributed by atoms with Crippen LogP contribution in [0, 0.1) is 12.7 Å². The fourth-order valence-electron chi connectivity index (χ4n) is 4.35. The maximum Gasteiger partial charge on any atom is 0.270 e. The van der Waals surface area contributed by atoms with Crippen LogP contribution >= 0.6 is 11.3 Å². The largest absolute Gasteiger partial charge is 0.494 e. The van der Waals surface area contributed by atoms with Gasteiger partial charge in [0.25, 0.3) is 5.91 Å². The normalized spacial score (nSPS) is 21.1. The molecule has 2 aliphatic heterocycles. The highest BCUT2D eigenvalue weighted by atomic mass is 32.1. The monoisotopic (exact) mass is 433 g/mol. The zero-order chi connectivity index (χ0) is 21.1. The second kappa shape index (κ2) is 8.99. The van der Waals surface area contributed by atoms with Gasteiger partial charge in [-0.2, -0.15) is 0 Å². The van der Waals surface area contributed by atoms with E-state index in [9.17, 15) is 9.18 Å². The van der Waals surface area contributed by atoms with E-state index in [4.69, 9.17) is 9.47 Å². The minimum atomic E-state index is -0.332. The molecule has 2 aliphatic rings. The van der Waals surface area contributed by atoms with Crippen LogP contribution in [0.15, 0.2) is 23.6 Å². The first-order chi connectivity index (χ1) is 14.5. The fourth-order valence-corrected chi connectivity index (χ4v) is 4.94. The second-order valence-electron chi connectivity index (χ2n) is 8.17. The Morgan fingerprint density at radius 2 is 2.20 bits per heavy atom. The van der Waals surface area contributed by atoms with E-state index in [1.165, 1.54) is 24.5 Å². The van der Waals surface area contributed by atoms with Crippen LogP contribution in [-0.4, -0.2) is 54.2 Å². The first kappa shape index (κ1) is 21.2. The van der Waals surface area contributed by atoms with E-state index >= 15 is 0 Å². The van der Waals surface area contributed by atoms with Crippen molar-refractivity contribution in [2.45, 2.75) is 50.9 Å². The lowest BCUT2D eigenvalue weighted by Gasteiger charge is -2.39. The third-order valence-electron chi connectivity index (χ3n) is 6.07. The topological polar surface area (TPSA) is 63.7 Å². The van der Waals surface area contributed by atoms with Crippen molar-refractivity contribution < 1.29 is 18.7 Å². The van der Waals surface area contributed by atoms with Crippen molar-refractivity contribution >= 4 is 17.2 Å². The number of amides is 1. The zero-order valence-electron chi connectivity index (χ0n) is 17.4. The van der Waals surface area contributed by atoms with Gasteiger partial charge >= 0.3 is 0 Å². The summed E-state index contributed by atoms with van der Waals surface area (Å²) < 4.78 is 25.1. The number of aryl methyl sites for hydroxylation is 1. The Balaban J connectivity index is 1.24. The molecule has 2 saturated heterocycles. The summed E-state index contributed by atoms with van der Waals surface area (Å²) in [5, 5.41) is 5.64. The van der Waals surface area contributed by atoms with Gasteiger partial charge in [-0.1, -0.05) is 6.07 Å². The van der Waals surface area contributed by atoms with Gasteiger partial charge in [0.15, 0.2) is 11.6 Å². The smallest absolute Gasteiger partial charge is 0.270 e. The van der Waals surface area contributed by atoms with Crippen molar-refractivity contribution in [3.63, 3.8) is 0 Å². The molecule has 0 bridgehead atoms. The minimum Gasteiger partial charge on any atom is -0.494 e. The molecule has 1 amide bonds. The van der Waals surface area contributed by atoms with Crippen molar-refractivity contribution in [1.29, 1.82) is 0 Å². The first-order valence-electron chi connectivity index (χ1n) is 10.4. The molecular formula is C22H28FN3O3S. The lowest BCUT2D eigenvalue weighted by Crippen LogP contribution is -2.44. The summed E-state index contributed by atoms with van der Waals surface area (Å²) in [6, 6.07) is 5.05. The number of methoxy groups -OCH3 is 1. The van der Waals surface area contributed by atoms with E-state index in [0.29, 0.717) is 12.2 Å². The Morgan fingerprint density at radius 3 is 2.90 bits per heavy atom. The molecule has 1 aromatic carbocycles. The van der Waals surface area contributed by atoms with Gasteiger partial charge in [0.05, 0.1) is 23.8 Å². The molecule has 0 saturated carbocycles. The molecule has 1 unspecified atom stereocenters. The lowest BCUT2D eigenvalue weighted by atomic mass is 9.88. The van der Waals surface area contributed by atoms with Gasteiger partial charge in [0.1, 0.15) is 5.69 Å². The molecule has 6 nitrogen and oxygen atoms in total. The predicted octanol–water partition coefficient (Wildman–Crippen LogP) is 3.54. The number of nitrogens with one attached hydrogen (secondary N) is 1. The number of carbonyl (C=O) groups excluding carboxylic acids is 1. The van der Waals surface area contributed by atoms with Crippen LogP contribution in [0.3, 0.4) is 0 Å². The summed E-state index contributed by atoms with van der Waals surface area (Å²) in [6.07, 6.45) is 4.00. The number of carbonyl (C=O) groups is 1. The quantitative estimate of drug-likeness (QED) is 0.755. The number of nitrogens with zero attached hydrogens (tertiary/aromatic N) is 2. The van der Waals surface area contributed by atoms with Crippen molar-refractivity contribution in [2.75, 3.05) is 26.7 Å². The van der Waals surface area contributed by atoms with Crippen LogP contribution in [0.5, 0.6) is 5.75 Å². The standard InChI is InChI=1S/C22H28FN3O3S/c1-15-25-19(14-30-15)21(27)24-12-17-5-6-22(29-17)7-9-26(10-8-22)13-16-3-4-18(23)20(11-16)28-2/h3-4,11,14,17H,5-10,12-13H2,1-2H3,(H,24,27). The van der Waals surface area contributed by atoms with Gasteiger partial charge in [0, 0.05) is 31.6 Å². The lowest BCUT2D eigenvalue weighted by molar-refractivity contribution is -0.0764. The Bertz CT molecular complexity index is 896. The number of thiazole rings is 1. The van der Waals surface area contributed by atoms with Crippen LogP contribution < -0.4 is 10.1 Å². The molecule has 1 N–H and O–H groups in total. The molecule has 1 spiro atoms.